The minimum atomic E-state index is 0.0648. The molecule has 0 fully saturated rings. The van der Waals surface area contributed by atoms with Crippen LogP contribution in [0.2, 0.25) is 5.02 Å². The van der Waals surface area contributed by atoms with Crippen molar-refractivity contribution in [1.82, 2.24) is 0 Å². The molecule has 4 heteroatoms. The van der Waals surface area contributed by atoms with E-state index in [4.69, 9.17) is 17.3 Å². The maximum absolute atomic E-state index is 6.13. The standard InChI is InChI=1S/C15H15BrClNS/c1-10(18)15(11-3-2-4-12(16)9-11)19-14-7-5-13(17)6-8-14/h2-10,15H,18H2,1H3. The van der Waals surface area contributed by atoms with Crippen molar-refractivity contribution in [2.75, 3.05) is 0 Å². The van der Waals surface area contributed by atoms with Gasteiger partial charge in [-0.1, -0.05) is 39.7 Å². The Labute approximate surface area is 131 Å². The van der Waals surface area contributed by atoms with Gasteiger partial charge in [-0.2, -0.15) is 0 Å². The van der Waals surface area contributed by atoms with E-state index in [0.29, 0.717) is 0 Å². The van der Waals surface area contributed by atoms with E-state index in [1.165, 1.54) is 10.5 Å². The molecule has 0 aliphatic rings. The Kier molecular flexibility index (Phi) is 5.34. The molecule has 2 aromatic rings. The van der Waals surface area contributed by atoms with Gasteiger partial charge in [0.2, 0.25) is 0 Å². The van der Waals surface area contributed by atoms with Gasteiger partial charge in [-0.05, 0) is 48.9 Å². The average molecular weight is 357 g/mol. The van der Waals surface area contributed by atoms with Crippen LogP contribution in [0.3, 0.4) is 0 Å². The van der Waals surface area contributed by atoms with Crippen LogP contribution < -0.4 is 5.73 Å². The van der Waals surface area contributed by atoms with Crippen LogP contribution >= 0.6 is 39.3 Å². The fraction of sp³-hybridized carbons (Fsp3) is 0.200. The summed E-state index contributed by atoms with van der Waals surface area (Å²) in [6.45, 7) is 2.04. The zero-order valence-electron chi connectivity index (χ0n) is 10.5. The second-order valence-electron chi connectivity index (χ2n) is 4.41. The summed E-state index contributed by atoms with van der Waals surface area (Å²) in [5, 5.41) is 0.975. The second-order valence-corrected chi connectivity index (χ2v) is 6.97. The number of nitrogens with two attached hydrogens (primary N) is 1. The fourth-order valence-corrected chi connectivity index (χ4v) is 3.45. The molecular weight excluding hydrogens is 342 g/mol. The van der Waals surface area contributed by atoms with Gasteiger partial charge in [0.25, 0.3) is 0 Å². The highest BCUT2D eigenvalue weighted by atomic mass is 79.9. The molecule has 0 saturated heterocycles. The maximum Gasteiger partial charge on any atom is 0.0493 e. The summed E-state index contributed by atoms with van der Waals surface area (Å²) in [6.07, 6.45) is 0. The van der Waals surface area contributed by atoms with E-state index in [2.05, 4.69) is 28.1 Å². The molecule has 1 nitrogen and oxygen atoms in total. The Balaban J connectivity index is 2.23. The van der Waals surface area contributed by atoms with Crippen molar-refractivity contribution in [3.05, 3.63) is 63.6 Å². The Morgan fingerprint density at radius 2 is 1.84 bits per heavy atom. The molecule has 0 heterocycles. The van der Waals surface area contributed by atoms with Crippen LogP contribution in [0.15, 0.2) is 57.9 Å². The number of rotatable bonds is 4. The predicted octanol–water partition coefficient (Wildman–Crippen LogP) is 5.28. The Bertz CT molecular complexity index is 542. The highest BCUT2D eigenvalue weighted by Crippen LogP contribution is 2.38. The lowest BCUT2D eigenvalue weighted by Gasteiger charge is -2.21. The third-order valence-corrected chi connectivity index (χ3v) is 4.98. The van der Waals surface area contributed by atoms with Gasteiger partial charge in [-0.15, -0.1) is 11.8 Å². The summed E-state index contributed by atoms with van der Waals surface area (Å²) < 4.78 is 1.08. The summed E-state index contributed by atoms with van der Waals surface area (Å²) in [4.78, 5) is 1.17. The molecular formula is C15H15BrClNS. The first kappa shape index (κ1) is 14.9. The monoisotopic (exact) mass is 355 g/mol. The van der Waals surface area contributed by atoms with Crippen LogP contribution in [0.25, 0.3) is 0 Å². The molecule has 0 bridgehead atoms. The van der Waals surface area contributed by atoms with Crippen LogP contribution in [0.4, 0.5) is 0 Å². The molecule has 0 radical (unpaired) electrons. The van der Waals surface area contributed by atoms with Gasteiger partial charge in [-0.25, -0.2) is 0 Å². The Morgan fingerprint density at radius 1 is 1.16 bits per heavy atom. The van der Waals surface area contributed by atoms with Gasteiger partial charge in [0.15, 0.2) is 0 Å². The largest absolute Gasteiger partial charge is 0.327 e. The lowest BCUT2D eigenvalue weighted by atomic mass is 10.1. The van der Waals surface area contributed by atoms with E-state index < -0.39 is 0 Å². The van der Waals surface area contributed by atoms with Crippen molar-refractivity contribution in [2.45, 2.75) is 23.1 Å². The normalized spacial score (nSPS) is 14.1. The van der Waals surface area contributed by atoms with E-state index in [9.17, 15) is 0 Å². The van der Waals surface area contributed by atoms with Crippen molar-refractivity contribution in [3.8, 4) is 0 Å². The van der Waals surface area contributed by atoms with Gasteiger partial charge >= 0.3 is 0 Å². The molecule has 2 rings (SSSR count). The molecule has 0 saturated carbocycles. The molecule has 100 valence electrons. The van der Waals surface area contributed by atoms with E-state index in [0.717, 1.165) is 9.50 Å². The smallest absolute Gasteiger partial charge is 0.0493 e. The molecule has 2 N–H and O–H groups in total. The minimum absolute atomic E-state index is 0.0648. The molecule has 0 aliphatic heterocycles. The first-order valence-corrected chi connectivity index (χ1v) is 8.04. The third kappa shape index (κ3) is 4.25. The highest BCUT2D eigenvalue weighted by Gasteiger charge is 2.17. The zero-order chi connectivity index (χ0) is 13.8. The van der Waals surface area contributed by atoms with Gasteiger partial charge in [-0.3, -0.25) is 0 Å². The quantitative estimate of drug-likeness (QED) is 0.754. The van der Waals surface area contributed by atoms with E-state index in [1.807, 2.05) is 43.3 Å². The fourth-order valence-electron chi connectivity index (χ4n) is 1.82. The summed E-state index contributed by atoms with van der Waals surface area (Å²) in [5.74, 6) is 0. The van der Waals surface area contributed by atoms with Crippen LogP contribution in [0.5, 0.6) is 0 Å². The number of hydrogen-bond acceptors (Lipinski definition) is 2. The average Bonchev–Trinajstić information content (AvgIpc) is 2.37. The summed E-state index contributed by atoms with van der Waals surface area (Å²) in [6, 6.07) is 16.2. The summed E-state index contributed by atoms with van der Waals surface area (Å²) in [7, 11) is 0. The maximum atomic E-state index is 6.13. The van der Waals surface area contributed by atoms with Crippen molar-refractivity contribution >= 4 is 39.3 Å². The highest BCUT2D eigenvalue weighted by molar-refractivity contribution is 9.10. The van der Waals surface area contributed by atoms with Gasteiger partial charge in [0, 0.05) is 25.7 Å². The predicted molar refractivity (Wildman–Crippen MR) is 87.8 cm³/mol. The third-order valence-electron chi connectivity index (χ3n) is 2.73. The molecule has 2 aromatic carbocycles. The SMILES string of the molecule is CC(N)C(Sc1ccc(Cl)cc1)c1cccc(Br)c1. The Hall–Kier alpha value is -0.480. The molecule has 2 atom stereocenters. The van der Waals surface area contributed by atoms with Crippen LogP contribution in [-0.2, 0) is 0 Å². The lowest BCUT2D eigenvalue weighted by molar-refractivity contribution is 0.721. The first-order valence-electron chi connectivity index (χ1n) is 5.99. The van der Waals surface area contributed by atoms with Crippen LogP contribution in [0, 0.1) is 0 Å². The van der Waals surface area contributed by atoms with Crippen LogP contribution in [-0.4, -0.2) is 6.04 Å². The van der Waals surface area contributed by atoms with Crippen molar-refractivity contribution in [1.29, 1.82) is 0 Å². The lowest BCUT2D eigenvalue weighted by Crippen LogP contribution is -2.22. The number of halogens is 2. The molecule has 0 spiro atoms. The summed E-state index contributed by atoms with van der Waals surface area (Å²) >= 11 is 11.2. The number of thioether (sulfide) groups is 1. The van der Waals surface area contributed by atoms with Gasteiger partial charge in [0.1, 0.15) is 0 Å². The number of benzene rings is 2. The topological polar surface area (TPSA) is 26.0 Å². The minimum Gasteiger partial charge on any atom is -0.327 e. The van der Waals surface area contributed by atoms with Gasteiger partial charge < -0.3 is 5.73 Å². The second kappa shape index (κ2) is 6.80. The van der Waals surface area contributed by atoms with E-state index in [-0.39, 0.29) is 11.3 Å². The molecule has 19 heavy (non-hydrogen) atoms. The van der Waals surface area contributed by atoms with Crippen molar-refractivity contribution in [3.63, 3.8) is 0 Å². The molecule has 0 aromatic heterocycles. The number of hydrogen-bond donors (Lipinski definition) is 1. The molecule has 0 aliphatic carbocycles. The first-order chi connectivity index (χ1) is 9.06. The van der Waals surface area contributed by atoms with Gasteiger partial charge in [0.05, 0.1) is 0 Å². The zero-order valence-corrected chi connectivity index (χ0v) is 13.7. The van der Waals surface area contributed by atoms with Crippen molar-refractivity contribution in [2.24, 2.45) is 5.73 Å². The van der Waals surface area contributed by atoms with Crippen LogP contribution in [0.1, 0.15) is 17.7 Å². The van der Waals surface area contributed by atoms with E-state index in [1.54, 1.807) is 11.8 Å². The summed E-state index contributed by atoms with van der Waals surface area (Å²) in [5.41, 5.74) is 7.36. The Morgan fingerprint density at radius 3 is 2.42 bits per heavy atom. The van der Waals surface area contributed by atoms with E-state index >= 15 is 0 Å². The molecule has 0 amide bonds. The van der Waals surface area contributed by atoms with Crippen molar-refractivity contribution < 1.29 is 0 Å². The molecule has 2 unspecified atom stereocenters.